The molecule has 2 amide bonds. The molecular formula is C32H37BrN2O5Si. The van der Waals surface area contributed by atoms with Gasteiger partial charge in [-0.1, -0.05) is 83.6 Å². The number of fused-ring (bicyclic) bond motifs is 2. The minimum atomic E-state index is -2.35. The second kappa shape index (κ2) is 11.7. The average Bonchev–Trinajstić information content (AvgIpc) is 3.41. The number of halogens is 1. The SMILES string of the molecule is COc1ccc([Si](C)(C)[C@H]2[C@H](CC(=O)N(CCO)Cc3ccccc3)O[C@@]3(C(=O)Nc4ccc(Br)cc43)[C@@H]2C)cc1. The summed E-state index contributed by atoms with van der Waals surface area (Å²) in [5.74, 6) is 0.302. The Hall–Kier alpha value is -2.98. The quantitative estimate of drug-likeness (QED) is 0.322. The van der Waals surface area contributed by atoms with Crippen LogP contribution in [0, 0.1) is 5.92 Å². The molecular weight excluding hydrogens is 600 g/mol. The smallest absolute Gasteiger partial charge is 0.261 e. The summed E-state index contributed by atoms with van der Waals surface area (Å²) >= 11 is 3.58. The Morgan fingerprint density at radius 3 is 2.49 bits per heavy atom. The van der Waals surface area contributed by atoms with Crippen LogP contribution in [0.15, 0.2) is 77.3 Å². The van der Waals surface area contributed by atoms with Crippen molar-refractivity contribution in [2.45, 2.75) is 50.2 Å². The van der Waals surface area contributed by atoms with Gasteiger partial charge in [0.1, 0.15) is 5.75 Å². The van der Waals surface area contributed by atoms with E-state index < -0.39 is 19.8 Å². The molecule has 0 aliphatic carbocycles. The van der Waals surface area contributed by atoms with Gasteiger partial charge >= 0.3 is 0 Å². The summed E-state index contributed by atoms with van der Waals surface area (Å²) in [6.45, 7) is 7.16. The molecule has 2 heterocycles. The molecule has 1 fully saturated rings. The highest BCUT2D eigenvalue weighted by Gasteiger charge is 2.65. The molecule has 0 radical (unpaired) electrons. The second-order valence-electron chi connectivity index (χ2n) is 11.5. The molecule has 2 aliphatic rings. The van der Waals surface area contributed by atoms with Crippen molar-refractivity contribution >= 4 is 46.7 Å². The van der Waals surface area contributed by atoms with E-state index in [0.29, 0.717) is 6.54 Å². The first-order valence-corrected chi connectivity index (χ1v) is 17.8. The van der Waals surface area contributed by atoms with Crippen molar-refractivity contribution in [3.8, 4) is 5.75 Å². The third-order valence-electron chi connectivity index (χ3n) is 8.87. The predicted molar refractivity (Wildman–Crippen MR) is 166 cm³/mol. The summed E-state index contributed by atoms with van der Waals surface area (Å²) in [6, 6.07) is 23.7. The normalized spacial score (nSPS) is 23.4. The zero-order chi connectivity index (χ0) is 29.4. The molecule has 5 rings (SSSR count). The Kier molecular flexibility index (Phi) is 8.43. The number of methoxy groups -OCH3 is 1. The number of ether oxygens (including phenoxy) is 2. The van der Waals surface area contributed by atoms with E-state index in [9.17, 15) is 14.7 Å². The van der Waals surface area contributed by atoms with E-state index in [-0.39, 0.29) is 42.8 Å². The van der Waals surface area contributed by atoms with Crippen LogP contribution in [0.3, 0.4) is 0 Å². The number of carbonyl (C=O) groups is 2. The molecule has 0 aromatic heterocycles. The van der Waals surface area contributed by atoms with Gasteiger partial charge < -0.3 is 24.8 Å². The molecule has 2 N–H and O–H groups in total. The number of nitrogens with one attached hydrogen (secondary N) is 1. The average molecular weight is 638 g/mol. The van der Waals surface area contributed by atoms with Gasteiger partial charge in [-0.05, 0) is 41.4 Å². The molecule has 41 heavy (non-hydrogen) atoms. The van der Waals surface area contributed by atoms with Gasteiger partial charge in [0.25, 0.3) is 5.91 Å². The molecule has 4 atom stereocenters. The minimum Gasteiger partial charge on any atom is -0.497 e. The molecule has 3 aromatic carbocycles. The number of hydrogen-bond acceptors (Lipinski definition) is 5. The monoisotopic (exact) mass is 636 g/mol. The van der Waals surface area contributed by atoms with Gasteiger partial charge in [-0.2, -0.15) is 0 Å². The highest BCUT2D eigenvalue weighted by Crippen LogP contribution is 2.58. The van der Waals surface area contributed by atoms with Gasteiger partial charge in [-0.3, -0.25) is 9.59 Å². The van der Waals surface area contributed by atoms with E-state index in [0.717, 1.165) is 27.0 Å². The molecule has 7 nitrogen and oxygen atoms in total. The van der Waals surface area contributed by atoms with E-state index in [1.54, 1.807) is 12.0 Å². The van der Waals surface area contributed by atoms with Crippen LogP contribution in [-0.2, 0) is 26.5 Å². The predicted octanol–water partition coefficient (Wildman–Crippen LogP) is 5.04. The fourth-order valence-electron chi connectivity index (χ4n) is 6.82. The van der Waals surface area contributed by atoms with Crippen LogP contribution in [-0.4, -0.2) is 56.3 Å². The van der Waals surface area contributed by atoms with Crippen LogP contribution < -0.4 is 15.2 Å². The number of nitrogens with zero attached hydrogens (tertiary/aromatic N) is 1. The molecule has 1 spiro atoms. The van der Waals surface area contributed by atoms with Crippen LogP contribution in [0.1, 0.15) is 24.5 Å². The first-order valence-electron chi connectivity index (χ1n) is 14.0. The Morgan fingerprint density at radius 1 is 1.12 bits per heavy atom. The second-order valence-corrected chi connectivity index (χ2v) is 17.1. The number of anilines is 1. The summed E-state index contributed by atoms with van der Waals surface area (Å²) in [7, 11) is -0.702. The van der Waals surface area contributed by atoms with E-state index >= 15 is 0 Å². The van der Waals surface area contributed by atoms with E-state index in [4.69, 9.17) is 9.47 Å². The third kappa shape index (κ3) is 5.36. The van der Waals surface area contributed by atoms with Crippen molar-refractivity contribution in [3.05, 3.63) is 88.4 Å². The fraction of sp³-hybridized carbons (Fsp3) is 0.375. The maximum absolute atomic E-state index is 13.9. The summed E-state index contributed by atoms with van der Waals surface area (Å²) in [5, 5.41) is 14.0. The largest absolute Gasteiger partial charge is 0.497 e. The maximum Gasteiger partial charge on any atom is 0.261 e. The van der Waals surface area contributed by atoms with Gasteiger partial charge in [-0.15, -0.1) is 0 Å². The Morgan fingerprint density at radius 2 is 1.83 bits per heavy atom. The van der Waals surface area contributed by atoms with Gasteiger partial charge in [-0.25, -0.2) is 0 Å². The lowest BCUT2D eigenvalue weighted by Crippen LogP contribution is -2.52. The van der Waals surface area contributed by atoms with Crippen molar-refractivity contribution in [3.63, 3.8) is 0 Å². The number of amides is 2. The van der Waals surface area contributed by atoms with Crippen molar-refractivity contribution in [2.75, 3.05) is 25.6 Å². The molecule has 3 aromatic rings. The maximum atomic E-state index is 13.9. The molecule has 0 saturated carbocycles. The van der Waals surface area contributed by atoms with Gasteiger partial charge in [0.05, 0.1) is 34.3 Å². The van der Waals surface area contributed by atoms with Gasteiger partial charge in [0, 0.05) is 34.7 Å². The lowest BCUT2D eigenvalue weighted by atomic mass is 9.82. The fourth-order valence-corrected chi connectivity index (χ4v) is 11.2. The Bertz CT molecular complexity index is 1420. The number of hydrogen-bond donors (Lipinski definition) is 2. The zero-order valence-electron chi connectivity index (χ0n) is 23.9. The third-order valence-corrected chi connectivity index (χ3v) is 13.7. The number of benzene rings is 3. The first-order chi connectivity index (χ1) is 19.6. The molecule has 1 saturated heterocycles. The van der Waals surface area contributed by atoms with Crippen molar-refractivity contribution < 1.29 is 24.2 Å². The highest BCUT2D eigenvalue weighted by atomic mass is 79.9. The summed E-state index contributed by atoms with van der Waals surface area (Å²) in [6.07, 6.45) is -0.374. The number of aliphatic hydroxyl groups is 1. The number of carbonyl (C=O) groups excluding carboxylic acids is 2. The lowest BCUT2D eigenvalue weighted by molar-refractivity contribution is -0.148. The van der Waals surface area contributed by atoms with Crippen molar-refractivity contribution in [1.82, 2.24) is 4.90 Å². The minimum absolute atomic E-state index is 0.0526. The van der Waals surface area contributed by atoms with Crippen LogP contribution in [0.4, 0.5) is 5.69 Å². The van der Waals surface area contributed by atoms with Crippen LogP contribution in [0.2, 0.25) is 18.6 Å². The number of aliphatic hydroxyl groups excluding tert-OH is 1. The van der Waals surface area contributed by atoms with Crippen molar-refractivity contribution in [2.24, 2.45) is 5.92 Å². The van der Waals surface area contributed by atoms with Crippen LogP contribution in [0.25, 0.3) is 0 Å². The topological polar surface area (TPSA) is 88.1 Å². The highest BCUT2D eigenvalue weighted by molar-refractivity contribution is 9.10. The summed E-state index contributed by atoms with van der Waals surface area (Å²) in [4.78, 5) is 29.4. The molecule has 0 unspecified atom stereocenters. The van der Waals surface area contributed by atoms with E-state index in [1.165, 1.54) is 5.19 Å². The zero-order valence-corrected chi connectivity index (χ0v) is 26.5. The Labute approximate surface area is 251 Å². The summed E-state index contributed by atoms with van der Waals surface area (Å²) < 4.78 is 13.2. The van der Waals surface area contributed by atoms with Crippen molar-refractivity contribution in [1.29, 1.82) is 0 Å². The Balaban J connectivity index is 1.54. The van der Waals surface area contributed by atoms with Gasteiger partial charge in [0.2, 0.25) is 5.91 Å². The van der Waals surface area contributed by atoms with E-state index in [1.807, 2.05) is 60.7 Å². The lowest BCUT2D eigenvalue weighted by Gasteiger charge is -2.37. The van der Waals surface area contributed by atoms with Crippen LogP contribution >= 0.6 is 15.9 Å². The first kappa shape index (κ1) is 29.5. The number of rotatable bonds is 9. The van der Waals surface area contributed by atoms with Crippen LogP contribution in [0.5, 0.6) is 5.75 Å². The standard InChI is InChI=1S/C32H37BrN2O5Si/c1-21-30(41(3,4)25-13-11-24(39-2)12-14-25)28(19-29(37)35(16-17-36)20-22-8-6-5-7-9-22)40-32(21)26-18-23(33)10-15-27(26)34-31(32)38/h5-15,18,21,28,30,36H,16-17,19-20H2,1-4H3,(H,34,38)/t21-,28+,30-,32+/m1/s1. The molecule has 9 heteroatoms. The molecule has 2 aliphatic heterocycles. The molecule has 0 bridgehead atoms. The molecule has 216 valence electrons. The van der Waals surface area contributed by atoms with E-state index in [2.05, 4.69) is 53.4 Å². The van der Waals surface area contributed by atoms with Gasteiger partial charge in [0.15, 0.2) is 5.60 Å². The summed E-state index contributed by atoms with van der Waals surface area (Å²) in [5.41, 5.74) is 1.28.